The Balaban J connectivity index is 4.04. The van der Waals surface area contributed by atoms with Gasteiger partial charge in [-0.1, -0.05) is 90.4 Å². The summed E-state index contributed by atoms with van der Waals surface area (Å²) in [5, 5.41) is 68.9. The molecule has 27 nitrogen and oxygen atoms in total. The van der Waals surface area contributed by atoms with E-state index >= 15 is 0 Å². The molecular formula is C58H99N5O22. The number of carbonyl (C=O) groups is 12. The standard InChI is InChI=1S/C58H99N5O22/c1-41(48(66)38-45(42(2)64)56(76)77)19-17-18-28-59-49(67)26-23-47(58(80)81)63-52(70)25-22-43(55(74)75)37-44(65)39-84-35-33-83-32-30-61-53(71)40-85-36-34-82-31-29-60-50(68)27-24-46(57(78)79)62-51(69)20-15-13-11-9-7-5-3-4-6-8-10-12-14-16-21-54(72)73/h41-43,45-47,64H,3-40H2,1-2H3,(H,59,67)(H,60,68)(H,61,71)(H,62,69)(H,63,70)(H,72,73)(H,74,75)(H,76,77)(H,78,79)(H,80,81)/t41-,42+,43+,45-,46-,47-/m0/s1. The first kappa shape index (κ1) is 78.8. The molecule has 0 aromatic carbocycles. The fourth-order valence-corrected chi connectivity index (χ4v) is 8.62. The number of Topliss-reactive ketones (excluding diaryl/α,β-unsaturated/α-hetero) is 2. The lowest BCUT2D eigenvalue weighted by Gasteiger charge is -2.17. The monoisotopic (exact) mass is 1220 g/mol. The van der Waals surface area contributed by atoms with E-state index in [0.717, 1.165) is 51.4 Å². The zero-order chi connectivity index (χ0) is 63.6. The molecule has 11 N–H and O–H groups in total. The Morgan fingerprint density at radius 3 is 1.26 bits per heavy atom. The quantitative estimate of drug-likeness (QED) is 0.0387. The van der Waals surface area contributed by atoms with Crippen molar-refractivity contribution in [2.45, 2.75) is 205 Å². The number of hydrogen-bond donors (Lipinski definition) is 11. The predicted octanol–water partition coefficient (Wildman–Crippen LogP) is 3.71. The number of hydrogen-bond acceptors (Lipinski definition) is 17. The maximum absolute atomic E-state index is 12.6. The van der Waals surface area contributed by atoms with Gasteiger partial charge in [0.2, 0.25) is 29.5 Å². The van der Waals surface area contributed by atoms with E-state index in [1.807, 2.05) is 0 Å². The van der Waals surface area contributed by atoms with E-state index in [9.17, 15) is 83.1 Å². The lowest BCUT2D eigenvalue weighted by Crippen LogP contribution is -2.42. The summed E-state index contributed by atoms with van der Waals surface area (Å²) in [5.41, 5.74) is 0. The molecule has 0 saturated carbocycles. The fourth-order valence-electron chi connectivity index (χ4n) is 8.62. The molecule has 0 aromatic heterocycles. The molecule has 0 unspecified atom stereocenters. The summed E-state index contributed by atoms with van der Waals surface area (Å²) >= 11 is 0. The first-order valence-electron chi connectivity index (χ1n) is 30.1. The van der Waals surface area contributed by atoms with E-state index in [4.69, 9.17) is 24.1 Å². The number of aliphatic hydroxyl groups is 1. The van der Waals surface area contributed by atoms with E-state index < -0.39 is 115 Å². The number of rotatable bonds is 59. The van der Waals surface area contributed by atoms with Crippen molar-refractivity contribution in [3.8, 4) is 0 Å². The maximum atomic E-state index is 12.6. The highest BCUT2D eigenvalue weighted by Gasteiger charge is 2.29. The second-order valence-electron chi connectivity index (χ2n) is 21.3. The number of nitrogens with one attached hydrogen (secondary N) is 5. The van der Waals surface area contributed by atoms with Crippen molar-refractivity contribution in [3.05, 3.63) is 0 Å². The van der Waals surface area contributed by atoms with Crippen LogP contribution in [0, 0.1) is 17.8 Å². The predicted molar refractivity (Wildman–Crippen MR) is 307 cm³/mol. The normalized spacial score (nSPS) is 13.3. The number of carboxylic acids is 5. The number of ether oxygens (including phenoxy) is 4. The van der Waals surface area contributed by atoms with E-state index in [1.165, 1.54) is 39.0 Å². The Morgan fingerprint density at radius 1 is 0.376 bits per heavy atom. The lowest BCUT2D eigenvalue weighted by atomic mass is 9.89. The summed E-state index contributed by atoms with van der Waals surface area (Å²) in [6.07, 6.45) is 13.3. The molecule has 0 aliphatic heterocycles. The number of ketones is 2. The van der Waals surface area contributed by atoms with Crippen molar-refractivity contribution in [2.75, 3.05) is 72.5 Å². The third-order valence-corrected chi connectivity index (χ3v) is 13.8. The Bertz CT molecular complexity index is 1990. The summed E-state index contributed by atoms with van der Waals surface area (Å²) in [6, 6.07) is -2.63. The minimum absolute atomic E-state index is 0.0229. The largest absolute Gasteiger partial charge is 0.481 e. The van der Waals surface area contributed by atoms with Crippen molar-refractivity contribution in [1.29, 1.82) is 0 Å². The van der Waals surface area contributed by atoms with Gasteiger partial charge >= 0.3 is 29.8 Å². The highest BCUT2D eigenvalue weighted by Crippen LogP contribution is 2.19. The lowest BCUT2D eigenvalue weighted by molar-refractivity contribution is -0.148. The Hall–Kier alpha value is -6.16. The van der Waals surface area contributed by atoms with E-state index in [0.29, 0.717) is 25.7 Å². The molecule has 6 atom stereocenters. The van der Waals surface area contributed by atoms with Gasteiger partial charge < -0.3 is 76.2 Å². The van der Waals surface area contributed by atoms with Crippen LogP contribution in [0.5, 0.6) is 0 Å². The summed E-state index contributed by atoms with van der Waals surface area (Å²) in [5.74, 6) is -12.2. The summed E-state index contributed by atoms with van der Waals surface area (Å²) in [4.78, 5) is 144. The minimum Gasteiger partial charge on any atom is -0.481 e. The van der Waals surface area contributed by atoms with Crippen molar-refractivity contribution in [1.82, 2.24) is 26.6 Å². The second kappa shape index (κ2) is 51.1. The third-order valence-electron chi connectivity index (χ3n) is 13.8. The Labute approximate surface area is 498 Å². The molecular weight excluding hydrogens is 1120 g/mol. The molecule has 0 rings (SSSR count). The summed E-state index contributed by atoms with van der Waals surface area (Å²) < 4.78 is 21.3. The van der Waals surface area contributed by atoms with E-state index in [-0.39, 0.29) is 129 Å². The Kier molecular flexibility index (Phi) is 47.4. The van der Waals surface area contributed by atoms with Gasteiger partial charge in [0, 0.05) is 70.5 Å². The smallest absolute Gasteiger partial charge is 0.326 e. The van der Waals surface area contributed by atoms with E-state index in [1.54, 1.807) is 6.92 Å². The first-order valence-corrected chi connectivity index (χ1v) is 30.1. The summed E-state index contributed by atoms with van der Waals surface area (Å²) in [7, 11) is 0. The topological polar surface area (TPSA) is 423 Å². The van der Waals surface area contributed by atoms with Crippen LogP contribution in [0.3, 0.4) is 0 Å². The van der Waals surface area contributed by atoms with Gasteiger partial charge in [-0.25, -0.2) is 9.59 Å². The molecule has 0 saturated heterocycles. The second-order valence-corrected chi connectivity index (χ2v) is 21.3. The van der Waals surface area contributed by atoms with Crippen LogP contribution in [0.4, 0.5) is 0 Å². The van der Waals surface area contributed by atoms with E-state index in [2.05, 4.69) is 26.6 Å². The number of carboxylic acid groups (broad SMARTS) is 5. The fraction of sp³-hybridized carbons (Fsp3) is 0.793. The van der Waals surface area contributed by atoms with Crippen LogP contribution in [0.25, 0.3) is 0 Å². The number of amides is 5. The first-order chi connectivity index (χ1) is 40.5. The summed E-state index contributed by atoms with van der Waals surface area (Å²) in [6.45, 7) is 3.28. The van der Waals surface area contributed by atoms with Gasteiger partial charge in [0.15, 0.2) is 5.78 Å². The molecule has 85 heavy (non-hydrogen) atoms. The van der Waals surface area contributed by atoms with Gasteiger partial charge in [-0.2, -0.15) is 0 Å². The average molecular weight is 1220 g/mol. The zero-order valence-electron chi connectivity index (χ0n) is 50.0. The van der Waals surface area contributed by atoms with Crippen LogP contribution < -0.4 is 26.6 Å². The average Bonchev–Trinajstić information content (AvgIpc) is 3.54. The molecule has 488 valence electrons. The van der Waals surface area contributed by atoms with Crippen molar-refractivity contribution in [2.24, 2.45) is 17.8 Å². The molecule has 0 radical (unpaired) electrons. The highest BCUT2D eigenvalue weighted by molar-refractivity contribution is 5.88. The van der Waals surface area contributed by atoms with Gasteiger partial charge in [0.05, 0.1) is 57.6 Å². The molecule has 0 bridgehead atoms. The molecule has 0 aliphatic carbocycles. The molecule has 27 heteroatoms. The zero-order valence-corrected chi connectivity index (χ0v) is 50.0. The maximum Gasteiger partial charge on any atom is 0.326 e. The number of aliphatic hydroxyl groups excluding tert-OH is 1. The molecule has 0 aliphatic rings. The molecule has 0 heterocycles. The van der Waals surface area contributed by atoms with Crippen molar-refractivity contribution < 1.29 is 107 Å². The van der Waals surface area contributed by atoms with Gasteiger partial charge in [0.25, 0.3) is 0 Å². The molecule has 5 amide bonds. The third kappa shape index (κ3) is 46.8. The Morgan fingerprint density at radius 2 is 0.800 bits per heavy atom. The van der Waals surface area contributed by atoms with Crippen LogP contribution in [-0.4, -0.2) is 192 Å². The molecule has 0 aromatic rings. The van der Waals surface area contributed by atoms with Crippen LogP contribution in [0.1, 0.15) is 187 Å². The van der Waals surface area contributed by atoms with Crippen molar-refractivity contribution in [3.63, 3.8) is 0 Å². The number of aliphatic carboxylic acids is 5. The number of carbonyl (C=O) groups excluding carboxylic acids is 7. The molecule has 0 fully saturated rings. The van der Waals surface area contributed by atoms with Gasteiger partial charge in [-0.3, -0.25) is 47.9 Å². The van der Waals surface area contributed by atoms with Crippen LogP contribution in [0.2, 0.25) is 0 Å². The number of unbranched alkanes of at least 4 members (excludes halogenated alkanes) is 14. The van der Waals surface area contributed by atoms with Crippen LogP contribution >= 0.6 is 0 Å². The van der Waals surface area contributed by atoms with Gasteiger partial charge in [-0.05, 0) is 51.9 Å². The van der Waals surface area contributed by atoms with Gasteiger partial charge in [-0.15, -0.1) is 0 Å². The van der Waals surface area contributed by atoms with Crippen LogP contribution in [0.15, 0.2) is 0 Å². The molecule has 0 spiro atoms. The SMILES string of the molecule is C[C@@H](CCCCNC(=O)CC[C@H](NC(=O)CC[C@H](CC(=O)COCCOCCNC(=O)COCCOCCNC(=O)CC[C@H](NC(=O)CCCCCCCCCCCCCCCCC(=O)O)C(=O)O)C(=O)O)C(=O)O)C(=O)C[C@H](C(=O)O)[C@@H](C)O. The highest BCUT2D eigenvalue weighted by atomic mass is 16.5. The van der Waals surface area contributed by atoms with Crippen molar-refractivity contribution >= 4 is 70.9 Å². The van der Waals surface area contributed by atoms with Crippen LogP contribution in [-0.2, 0) is 76.5 Å². The minimum atomic E-state index is -1.44. The van der Waals surface area contributed by atoms with Gasteiger partial charge in [0.1, 0.15) is 31.1 Å².